The fourth-order valence-electron chi connectivity index (χ4n) is 4.29. The van der Waals surface area contributed by atoms with Gasteiger partial charge in [-0.3, -0.25) is 14.7 Å². The van der Waals surface area contributed by atoms with Crippen LogP contribution in [0.2, 0.25) is 0 Å². The molecule has 3 aromatic rings. The maximum Gasteiger partial charge on any atom is 0.224 e. The van der Waals surface area contributed by atoms with Gasteiger partial charge in [-0.1, -0.05) is 19.9 Å². The molecule has 1 saturated heterocycles. The number of nitrogens with two attached hydrogens (primary N) is 1. The number of amides is 1. The van der Waals surface area contributed by atoms with Crippen LogP contribution in [0.4, 0.5) is 5.69 Å². The first-order chi connectivity index (χ1) is 18.0. The number of aromatic nitrogens is 2. The number of hydrogen-bond acceptors (Lipinski definition) is 7. The molecule has 0 aliphatic carbocycles. The van der Waals surface area contributed by atoms with Gasteiger partial charge in [0.25, 0.3) is 0 Å². The van der Waals surface area contributed by atoms with Crippen molar-refractivity contribution < 1.29 is 9.53 Å². The Morgan fingerprint density at radius 3 is 2.89 bits per heavy atom. The van der Waals surface area contributed by atoms with E-state index in [1.54, 1.807) is 24.5 Å². The van der Waals surface area contributed by atoms with Crippen molar-refractivity contribution in [3.63, 3.8) is 0 Å². The second kappa shape index (κ2) is 12.3. The Bertz CT molecular complexity index is 1340. The summed E-state index contributed by atoms with van der Waals surface area (Å²) < 4.78 is 5.39. The van der Waals surface area contributed by atoms with Crippen molar-refractivity contribution in [3.05, 3.63) is 54.0 Å². The van der Waals surface area contributed by atoms with Gasteiger partial charge >= 0.3 is 0 Å². The molecule has 192 valence electrons. The van der Waals surface area contributed by atoms with Crippen molar-refractivity contribution in [1.82, 2.24) is 14.9 Å². The summed E-state index contributed by atoms with van der Waals surface area (Å²) in [5.74, 6) is 0.132. The topological polar surface area (TPSA) is 132 Å². The average Bonchev–Trinajstić information content (AvgIpc) is 3.32. The van der Waals surface area contributed by atoms with Crippen molar-refractivity contribution in [1.29, 1.82) is 5.26 Å². The molecule has 1 amide bonds. The van der Waals surface area contributed by atoms with Crippen molar-refractivity contribution in [2.45, 2.75) is 20.3 Å². The fraction of sp³-hybridized carbons (Fsp3) is 0.357. The number of morpholine rings is 1. The number of pyridine rings is 1. The van der Waals surface area contributed by atoms with E-state index < -0.39 is 0 Å². The summed E-state index contributed by atoms with van der Waals surface area (Å²) in [6, 6.07) is 9.67. The maximum absolute atomic E-state index is 12.2. The van der Waals surface area contributed by atoms with Crippen LogP contribution in [0.15, 0.2) is 47.9 Å². The number of nitrogens with one attached hydrogen (secondary N) is 2. The molecule has 1 fully saturated rings. The monoisotopic (exact) mass is 499 g/mol. The van der Waals surface area contributed by atoms with E-state index in [-0.39, 0.29) is 11.8 Å². The molecule has 0 spiro atoms. The molecule has 9 nitrogen and oxygen atoms in total. The maximum atomic E-state index is 12.2. The lowest BCUT2D eigenvalue weighted by Gasteiger charge is -2.25. The molecule has 4 rings (SSSR count). The van der Waals surface area contributed by atoms with E-state index in [9.17, 15) is 10.1 Å². The molecule has 4 N–H and O–H groups in total. The highest BCUT2D eigenvalue weighted by Gasteiger charge is 2.14. The second-order valence-corrected chi connectivity index (χ2v) is 9.45. The number of fused-ring (bicyclic) bond motifs is 1. The predicted octanol–water partition coefficient (Wildman–Crippen LogP) is 3.79. The van der Waals surface area contributed by atoms with E-state index in [1.807, 2.05) is 32.2 Å². The standard InChI is InChI=1S/C28H33N7O2/c1-19(2)11-27(36)34-26-4-3-20(12-21(26)14-29)25-18-33-28-24(25)13-22(17-32-28)23(15-30)16-31-5-6-35-7-9-37-10-8-35/h3-4,12-13,15-19H,5-11,30H2,1-2H3,(H,32,33)(H,34,36)/b23-15+,31-16?. The van der Waals surface area contributed by atoms with Gasteiger partial charge in [0.15, 0.2) is 0 Å². The van der Waals surface area contributed by atoms with Crippen LogP contribution in [0.1, 0.15) is 31.4 Å². The predicted molar refractivity (Wildman–Crippen MR) is 147 cm³/mol. The molecule has 0 atom stereocenters. The van der Waals surface area contributed by atoms with Gasteiger partial charge in [-0.05, 0) is 29.7 Å². The number of rotatable bonds is 9. The first-order valence-corrected chi connectivity index (χ1v) is 12.5. The molecule has 3 heterocycles. The summed E-state index contributed by atoms with van der Waals surface area (Å²) in [6.45, 7) is 8.94. The van der Waals surface area contributed by atoms with Crippen LogP contribution in [0.3, 0.4) is 0 Å². The molecule has 0 radical (unpaired) electrons. The van der Waals surface area contributed by atoms with Gasteiger partial charge in [-0.15, -0.1) is 0 Å². The molecule has 0 bridgehead atoms. The van der Waals surface area contributed by atoms with Crippen molar-refractivity contribution in [3.8, 4) is 17.2 Å². The summed E-state index contributed by atoms with van der Waals surface area (Å²) in [6.07, 6.45) is 7.37. The number of allylic oxidation sites excluding steroid dienone is 1. The highest BCUT2D eigenvalue weighted by molar-refractivity contribution is 6.11. The lowest BCUT2D eigenvalue weighted by molar-refractivity contribution is -0.116. The summed E-state index contributed by atoms with van der Waals surface area (Å²) in [5.41, 5.74) is 11.0. The molecule has 37 heavy (non-hydrogen) atoms. The number of nitriles is 1. The van der Waals surface area contributed by atoms with E-state index in [0.29, 0.717) is 24.2 Å². The van der Waals surface area contributed by atoms with Gasteiger partial charge in [0.1, 0.15) is 11.7 Å². The number of hydrogen-bond donors (Lipinski definition) is 3. The van der Waals surface area contributed by atoms with E-state index in [2.05, 4.69) is 31.2 Å². The lowest BCUT2D eigenvalue weighted by Crippen LogP contribution is -2.37. The van der Waals surface area contributed by atoms with Gasteiger partial charge in [-0.2, -0.15) is 5.26 Å². The van der Waals surface area contributed by atoms with Crippen molar-refractivity contribution in [2.75, 3.05) is 44.7 Å². The molecule has 9 heteroatoms. The molecule has 1 aliphatic rings. The largest absolute Gasteiger partial charge is 0.404 e. The third-order valence-electron chi connectivity index (χ3n) is 6.24. The van der Waals surface area contributed by atoms with Gasteiger partial charge < -0.3 is 20.8 Å². The van der Waals surface area contributed by atoms with Crippen molar-refractivity contribution in [2.24, 2.45) is 16.6 Å². The van der Waals surface area contributed by atoms with Crippen LogP contribution in [-0.4, -0.2) is 66.4 Å². The molecular formula is C28H33N7O2. The summed E-state index contributed by atoms with van der Waals surface area (Å²) in [4.78, 5) is 26.9. The van der Waals surface area contributed by atoms with Crippen LogP contribution in [0.5, 0.6) is 0 Å². The SMILES string of the molecule is CC(C)CC(=O)Nc1ccc(-c2c[nH]c3ncc(/C(C=NCCN4CCOCC4)=C/N)cc23)cc1C#N. The van der Waals surface area contributed by atoms with E-state index in [1.165, 1.54) is 6.20 Å². The zero-order valence-electron chi connectivity index (χ0n) is 21.3. The smallest absolute Gasteiger partial charge is 0.224 e. The number of aromatic amines is 1. The number of carbonyl (C=O) groups is 1. The van der Waals surface area contributed by atoms with E-state index >= 15 is 0 Å². The molecule has 1 aliphatic heterocycles. The molecule has 0 unspecified atom stereocenters. The number of H-pyrrole nitrogens is 1. The van der Waals surface area contributed by atoms with Crippen LogP contribution in [0.25, 0.3) is 27.7 Å². The number of ether oxygens (including phenoxy) is 1. The van der Waals surface area contributed by atoms with Crippen LogP contribution >= 0.6 is 0 Å². The van der Waals surface area contributed by atoms with Crippen LogP contribution in [-0.2, 0) is 9.53 Å². The summed E-state index contributed by atoms with van der Waals surface area (Å²) >= 11 is 0. The third kappa shape index (κ3) is 6.61. The average molecular weight is 500 g/mol. The number of carbonyl (C=O) groups excluding carboxylic acids is 1. The highest BCUT2D eigenvalue weighted by atomic mass is 16.5. The Labute approximate surface area is 217 Å². The molecular weight excluding hydrogens is 466 g/mol. The minimum Gasteiger partial charge on any atom is -0.404 e. The second-order valence-electron chi connectivity index (χ2n) is 9.45. The molecule has 1 aromatic carbocycles. The van der Waals surface area contributed by atoms with Gasteiger partial charge in [-0.25, -0.2) is 4.98 Å². The van der Waals surface area contributed by atoms with E-state index in [4.69, 9.17) is 10.5 Å². The third-order valence-corrected chi connectivity index (χ3v) is 6.24. The van der Waals surface area contributed by atoms with Crippen LogP contribution in [0, 0.1) is 17.2 Å². The highest BCUT2D eigenvalue weighted by Crippen LogP contribution is 2.32. The lowest BCUT2D eigenvalue weighted by atomic mass is 10.0. The van der Waals surface area contributed by atoms with Crippen LogP contribution < -0.4 is 11.1 Å². The first-order valence-electron chi connectivity index (χ1n) is 12.5. The Morgan fingerprint density at radius 1 is 1.35 bits per heavy atom. The quantitative estimate of drug-likeness (QED) is 0.384. The Kier molecular flexibility index (Phi) is 8.67. The normalized spacial score (nSPS) is 14.9. The van der Waals surface area contributed by atoms with Gasteiger partial charge in [0.05, 0.1) is 31.0 Å². The Balaban J connectivity index is 1.54. The van der Waals surface area contributed by atoms with Crippen molar-refractivity contribution >= 4 is 34.4 Å². The Morgan fingerprint density at radius 2 is 2.16 bits per heavy atom. The van der Waals surface area contributed by atoms with Gasteiger partial charge in [0, 0.05) is 72.9 Å². The molecule has 2 aromatic heterocycles. The fourth-order valence-corrected chi connectivity index (χ4v) is 4.29. The number of nitrogens with zero attached hydrogens (tertiary/aromatic N) is 4. The number of anilines is 1. The minimum atomic E-state index is -0.104. The number of aliphatic imine (C=N–C) groups is 1. The van der Waals surface area contributed by atoms with E-state index in [0.717, 1.165) is 66.1 Å². The number of benzene rings is 1. The zero-order valence-corrected chi connectivity index (χ0v) is 21.3. The first kappa shape index (κ1) is 26.1. The Hall–Kier alpha value is -4.00. The zero-order chi connectivity index (χ0) is 26.2. The minimum absolute atomic E-state index is 0.104. The molecule has 0 saturated carbocycles. The van der Waals surface area contributed by atoms with Gasteiger partial charge in [0.2, 0.25) is 5.91 Å². The summed E-state index contributed by atoms with van der Waals surface area (Å²) in [5, 5.41) is 13.5. The summed E-state index contributed by atoms with van der Waals surface area (Å²) in [7, 11) is 0.